The van der Waals surface area contributed by atoms with Gasteiger partial charge in [-0.2, -0.15) is 13.2 Å². The lowest BCUT2D eigenvalue weighted by Gasteiger charge is -2.33. The Balaban J connectivity index is 2.50. The Morgan fingerprint density at radius 2 is 1.71 bits per heavy atom. The lowest BCUT2D eigenvalue weighted by molar-refractivity contribution is -0.140. The first-order valence-corrected chi connectivity index (χ1v) is 14.3. The summed E-state index contributed by atoms with van der Waals surface area (Å²) in [7, 11) is -4.19. The zero-order chi connectivity index (χ0) is 28.8. The zero-order valence-corrected chi connectivity index (χ0v) is 23.7. The van der Waals surface area contributed by atoms with Crippen molar-refractivity contribution in [2.45, 2.75) is 46.0 Å². The fourth-order valence-electron chi connectivity index (χ4n) is 3.63. The third-order valence-electron chi connectivity index (χ3n) is 5.55. The quantitative estimate of drug-likeness (QED) is 0.379. The van der Waals surface area contributed by atoms with Gasteiger partial charge in [0.15, 0.2) is 0 Å². The number of benzene rings is 2. The molecule has 0 saturated heterocycles. The van der Waals surface area contributed by atoms with Crippen LogP contribution < -0.4 is 9.62 Å². The van der Waals surface area contributed by atoms with Crippen LogP contribution in [0.2, 0.25) is 10.0 Å². The van der Waals surface area contributed by atoms with Gasteiger partial charge in [0.25, 0.3) is 0 Å². The lowest BCUT2D eigenvalue weighted by Crippen LogP contribution is -2.52. The fourth-order valence-corrected chi connectivity index (χ4v) is 4.79. The summed E-state index contributed by atoms with van der Waals surface area (Å²) < 4.78 is 65.6. The molecule has 0 aliphatic rings. The number of hydrogen-bond donors (Lipinski definition) is 1. The summed E-state index contributed by atoms with van der Waals surface area (Å²) in [5.41, 5.74) is -0.876. The van der Waals surface area contributed by atoms with E-state index in [2.05, 4.69) is 5.32 Å². The molecule has 0 heterocycles. The number of nitrogens with zero attached hydrogens (tertiary/aromatic N) is 2. The molecule has 2 aromatic carbocycles. The smallest absolute Gasteiger partial charge is 0.354 e. The summed E-state index contributed by atoms with van der Waals surface area (Å²) in [5.74, 6) is -1.10. The van der Waals surface area contributed by atoms with Crippen molar-refractivity contribution in [2.24, 2.45) is 5.92 Å². The van der Waals surface area contributed by atoms with Crippen molar-refractivity contribution in [3.05, 3.63) is 63.6 Å². The Bertz CT molecular complexity index is 1260. The van der Waals surface area contributed by atoms with E-state index in [4.69, 9.17) is 23.2 Å². The number of carbonyl (C=O) groups excluding carboxylic acids is 2. The first-order valence-electron chi connectivity index (χ1n) is 11.7. The minimum Gasteiger partial charge on any atom is -0.354 e. The van der Waals surface area contributed by atoms with E-state index >= 15 is 0 Å². The number of carbonyl (C=O) groups is 2. The van der Waals surface area contributed by atoms with Crippen molar-refractivity contribution in [1.82, 2.24) is 10.2 Å². The predicted molar refractivity (Wildman–Crippen MR) is 143 cm³/mol. The number of halogens is 5. The standard InChI is InChI=1S/C25H30Cl2F3N3O4S/c1-5-22(24(35)31-13-16(2)3)32(14-17-9-10-20(26)21(27)11-17)23(34)15-33(38(4,36)37)19-8-6-7-18(12-19)25(28,29)30/h6-12,16,22H,5,13-15H2,1-4H3,(H,31,35)/t22-/m1/s1. The van der Waals surface area contributed by atoms with Gasteiger partial charge in [0.2, 0.25) is 21.8 Å². The predicted octanol–water partition coefficient (Wildman–Crippen LogP) is 5.36. The molecule has 2 rings (SSSR count). The van der Waals surface area contributed by atoms with Crippen LogP contribution in [0.25, 0.3) is 0 Å². The molecular weight excluding hydrogens is 566 g/mol. The van der Waals surface area contributed by atoms with Crippen molar-refractivity contribution in [1.29, 1.82) is 0 Å². The summed E-state index contributed by atoms with van der Waals surface area (Å²) in [6.45, 7) is 4.90. The molecule has 0 spiro atoms. The second-order valence-corrected chi connectivity index (χ2v) is 11.9. The van der Waals surface area contributed by atoms with Crippen molar-refractivity contribution < 1.29 is 31.2 Å². The molecule has 1 N–H and O–H groups in total. The van der Waals surface area contributed by atoms with Crippen molar-refractivity contribution in [3.8, 4) is 0 Å². The van der Waals surface area contributed by atoms with Gasteiger partial charge in [0.1, 0.15) is 12.6 Å². The van der Waals surface area contributed by atoms with Gasteiger partial charge in [0.05, 0.1) is 27.6 Å². The van der Waals surface area contributed by atoms with Crippen LogP contribution in [0.1, 0.15) is 38.3 Å². The van der Waals surface area contributed by atoms with Crippen molar-refractivity contribution >= 4 is 50.7 Å². The van der Waals surface area contributed by atoms with E-state index in [0.717, 1.165) is 18.4 Å². The average molecular weight is 596 g/mol. The lowest BCUT2D eigenvalue weighted by atomic mass is 10.1. The van der Waals surface area contributed by atoms with E-state index in [1.54, 1.807) is 13.0 Å². The minimum atomic E-state index is -4.72. The van der Waals surface area contributed by atoms with Crippen LogP contribution in [0.15, 0.2) is 42.5 Å². The van der Waals surface area contributed by atoms with E-state index in [-0.39, 0.29) is 34.6 Å². The molecular formula is C25H30Cl2F3N3O4S. The number of anilines is 1. The number of amides is 2. The molecule has 0 saturated carbocycles. The Hall–Kier alpha value is -2.50. The summed E-state index contributed by atoms with van der Waals surface area (Å²) in [6, 6.07) is 7.34. The van der Waals surface area contributed by atoms with Crippen LogP contribution in [0, 0.1) is 5.92 Å². The highest BCUT2D eigenvalue weighted by Gasteiger charge is 2.34. The second-order valence-electron chi connectivity index (χ2n) is 9.15. The van der Waals surface area contributed by atoms with Gasteiger partial charge in [-0.1, -0.05) is 56.1 Å². The maximum atomic E-state index is 13.6. The molecule has 7 nitrogen and oxygen atoms in total. The minimum absolute atomic E-state index is 0.122. The van der Waals surface area contributed by atoms with Crippen LogP contribution >= 0.6 is 23.2 Å². The third kappa shape index (κ3) is 8.78. The number of sulfonamides is 1. The molecule has 13 heteroatoms. The molecule has 2 amide bonds. The van der Waals surface area contributed by atoms with Gasteiger partial charge >= 0.3 is 6.18 Å². The molecule has 0 unspecified atom stereocenters. The Morgan fingerprint density at radius 3 is 2.24 bits per heavy atom. The molecule has 0 aliphatic heterocycles. The topological polar surface area (TPSA) is 86.8 Å². The van der Waals surface area contributed by atoms with Gasteiger partial charge in [-0.05, 0) is 48.2 Å². The number of nitrogens with one attached hydrogen (secondary N) is 1. The molecule has 0 radical (unpaired) electrons. The largest absolute Gasteiger partial charge is 0.416 e. The highest BCUT2D eigenvalue weighted by molar-refractivity contribution is 7.92. The summed E-state index contributed by atoms with van der Waals surface area (Å²) in [4.78, 5) is 27.8. The van der Waals surface area contributed by atoms with E-state index in [0.29, 0.717) is 22.5 Å². The Morgan fingerprint density at radius 1 is 1.05 bits per heavy atom. The maximum absolute atomic E-state index is 13.6. The molecule has 210 valence electrons. The molecule has 0 bridgehead atoms. The summed E-state index contributed by atoms with van der Waals surface area (Å²) in [5, 5.41) is 3.28. The molecule has 1 atom stereocenters. The summed E-state index contributed by atoms with van der Waals surface area (Å²) in [6.07, 6.45) is -3.74. The Kier molecular flexibility index (Phi) is 10.9. The highest BCUT2D eigenvalue weighted by atomic mass is 35.5. The van der Waals surface area contributed by atoms with Gasteiger partial charge in [-0.3, -0.25) is 13.9 Å². The molecule has 0 fully saturated rings. The van der Waals surface area contributed by atoms with Gasteiger partial charge in [-0.25, -0.2) is 8.42 Å². The van der Waals surface area contributed by atoms with Crippen LogP contribution in [0.3, 0.4) is 0 Å². The summed E-state index contributed by atoms with van der Waals surface area (Å²) >= 11 is 12.1. The number of rotatable bonds is 11. The monoisotopic (exact) mass is 595 g/mol. The third-order valence-corrected chi connectivity index (χ3v) is 7.43. The average Bonchev–Trinajstić information content (AvgIpc) is 2.81. The van der Waals surface area contributed by atoms with E-state index < -0.39 is 46.2 Å². The van der Waals surface area contributed by atoms with E-state index in [9.17, 15) is 31.2 Å². The van der Waals surface area contributed by atoms with E-state index in [1.807, 2.05) is 13.8 Å². The van der Waals surface area contributed by atoms with Crippen LogP contribution in [0.4, 0.5) is 18.9 Å². The fraction of sp³-hybridized carbons (Fsp3) is 0.440. The van der Waals surface area contributed by atoms with Crippen molar-refractivity contribution in [3.63, 3.8) is 0 Å². The van der Waals surface area contributed by atoms with E-state index in [1.165, 1.54) is 23.1 Å². The van der Waals surface area contributed by atoms with Crippen LogP contribution in [-0.4, -0.2) is 50.5 Å². The Labute approximate surface area is 230 Å². The maximum Gasteiger partial charge on any atom is 0.416 e. The number of hydrogen-bond acceptors (Lipinski definition) is 4. The first kappa shape index (κ1) is 31.7. The highest BCUT2D eigenvalue weighted by Crippen LogP contribution is 2.32. The van der Waals surface area contributed by atoms with Crippen molar-refractivity contribution in [2.75, 3.05) is 23.7 Å². The zero-order valence-electron chi connectivity index (χ0n) is 21.4. The molecule has 0 aliphatic carbocycles. The number of alkyl halides is 3. The second kappa shape index (κ2) is 13.0. The van der Waals surface area contributed by atoms with Gasteiger partial charge in [-0.15, -0.1) is 0 Å². The normalized spacial score (nSPS) is 12.8. The first-order chi connectivity index (χ1) is 17.5. The molecule has 0 aromatic heterocycles. The molecule has 38 heavy (non-hydrogen) atoms. The van der Waals surface area contributed by atoms with Gasteiger partial charge in [0, 0.05) is 13.1 Å². The molecule has 2 aromatic rings. The van der Waals surface area contributed by atoms with Crippen LogP contribution in [0.5, 0.6) is 0 Å². The van der Waals surface area contributed by atoms with Crippen LogP contribution in [-0.2, 0) is 32.3 Å². The SMILES string of the molecule is CC[C@H](C(=O)NCC(C)C)N(Cc1ccc(Cl)c(Cl)c1)C(=O)CN(c1cccc(C(F)(F)F)c1)S(C)(=O)=O. The van der Waals surface area contributed by atoms with Gasteiger partial charge < -0.3 is 10.2 Å².